The van der Waals surface area contributed by atoms with Crippen molar-refractivity contribution < 1.29 is 19.1 Å². The van der Waals surface area contributed by atoms with Gasteiger partial charge < -0.3 is 19.7 Å². The minimum atomic E-state index is -0.656. The van der Waals surface area contributed by atoms with Crippen LogP contribution in [0, 0.1) is 0 Å². The monoisotopic (exact) mass is 494 g/mol. The number of halogens is 1. The number of hydrogen-bond donors (Lipinski definition) is 1. The summed E-state index contributed by atoms with van der Waals surface area (Å²) in [5.41, 5.74) is 1.84. The van der Waals surface area contributed by atoms with Crippen molar-refractivity contribution in [1.82, 2.24) is 10.2 Å². The lowest BCUT2D eigenvalue weighted by Crippen LogP contribution is -2.49. The van der Waals surface area contributed by atoms with Crippen molar-refractivity contribution in [2.75, 3.05) is 20.8 Å². The second kappa shape index (κ2) is 13.4. The molecule has 35 heavy (non-hydrogen) atoms. The summed E-state index contributed by atoms with van der Waals surface area (Å²) in [5.74, 6) is 1.13. The molecule has 1 atom stereocenters. The van der Waals surface area contributed by atoms with Crippen LogP contribution < -0.4 is 14.8 Å². The molecule has 0 saturated carbocycles. The summed E-state index contributed by atoms with van der Waals surface area (Å²) in [6.45, 7) is 0.663. The predicted molar refractivity (Wildman–Crippen MR) is 138 cm³/mol. The number of carbonyl (C=O) groups excluding carboxylic acids is 2. The van der Waals surface area contributed by atoms with Crippen LogP contribution in [0.25, 0.3) is 0 Å². The van der Waals surface area contributed by atoms with Gasteiger partial charge in [-0.05, 0) is 53.9 Å². The molecule has 0 bridgehead atoms. The molecule has 0 radical (unpaired) electrons. The summed E-state index contributed by atoms with van der Waals surface area (Å²) in [6.07, 6.45) is 1.18. The zero-order chi connectivity index (χ0) is 25.0. The number of rotatable bonds is 12. The van der Waals surface area contributed by atoms with E-state index in [-0.39, 0.29) is 24.8 Å². The molecular formula is C28H31ClN2O4. The van der Waals surface area contributed by atoms with Gasteiger partial charge in [0.05, 0.1) is 13.7 Å². The predicted octanol–water partition coefficient (Wildman–Crippen LogP) is 4.89. The molecular weight excluding hydrogens is 464 g/mol. The molecule has 0 fully saturated rings. The van der Waals surface area contributed by atoms with Crippen LogP contribution in [0.4, 0.5) is 0 Å². The van der Waals surface area contributed by atoms with Gasteiger partial charge in [0, 0.05) is 31.5 Å². The van der Waals surface area contributed by atoms with Gasteiger partial charge >= 0.3 is 0 Å². The second-order valence-electron chi connectivity index (χ2n) is 8.10. The van der Waals surface area contributed by atoms with Gasteiger partial charge in [-0.25, -0.2) is 0 Å². The zero-order valence-electron chi connectivity index (χ0n) is 20.1. The highest BCUT2D eigenvalue weighted by atomic mass is 35.5. The lowest BCUT2D eigenvalue weighted by Gasteiger charge is -2.31. The highest BCUT2D eigenvalue weighted by Crippen LogP contribution is 2.20. The van der Waals surface area contributed by atoms with Crippen LogP contribution in [-0.4, -0.2) is 43.5 Å². The van der Waals surface area contributed by atoms with Gasteiger partial charge in [-0.2, -0.15) is 0 Å². The average molecular weight is 495 g/mol. The summed E-state index contributed by atoms with van der Waals surface area (Å²) in [6, 6.07) is 23.7. The van der Waals surface area contributed by atoms with E-state index in [2.05, 4.69) is 5.32 Å². The third-order valence-corrected chi connectivity index (χ3v) is 5.86. The summed E-state index contributed by atoms with van der Waals surface area (Å²) < 4.78 is 10.9. The Hall–Kier alpha value is -3.51. The lowest BCUT2D eigenvalue weighted by atomic mass is 10.0. The van der Waals surface area contributed by atoms with Crippen molar-refractivity contribution >= 4 is 23.4 Å². The van der Waals surface area contributed by atoms with Gasteiger partial charge in [0.25, 0.3) is 0 Å². The third kappa shape index (κ3) is 8.04. The van der Waals surface area contributed by atoms with Crippen molar-refractivity contribution in [2.45, 2.75) is 31.8 Å². The number of hydrogen-bond acceptors (Lipinski definition) is 4. The molecule has 1 N–H and O–H groups in total. The Bertz CT molecular complexity index is 1090. The third-order valence-electron chi connectivity index (χ3n) is 5.62. The molecule has 6 nitrogen and oxygen atoms in total. The fraction of sp³-hybridized carbons (Fsp3) is 0.286. The van der Waals surface area contributed by atoms with Gasteiger partial charge in [0.1, 0.15) is 17.5 Å². The van der Waals surface area contributed by atoms with Crippen LogP contribution >= 0.6 is 11.6 Å². The smallest absolute Gasteiger partial charge is 0.242 e. The van der Waals surface area contributed by atoms with Crippen LogP contribution in [-0.2, 0) is 22.6 Å². The van der Waals surface area contributed by atoms with Gasteiger partial charge in [0.15, 0.2) is 0 Å². The molecule has 0 heterocycles. The summed E-state index contributed by atoms with van der Waals surface area (Å²) in [4.78, 5) is 28.0. The van der Waals surface area contributed by atoms with Crippen LogP contribution in [0.3, 0.4) is 0 Å². The first-order valence-electron chi connectivity index (χ1n) is 11.6. The van der Waals surface area contributed by atoms with E-state index in [1.54, 1.807) is 25.1 Å². The Balaban J connectivity index is 1.72. The first kappa shape index (κ1) is 26.1. The van der Waals surface area contributed by atoms with Crippen molar-refractivity contribution in [3.05, 3.63) is 95.0 Å². The van der Waals surface area contributed by atoms with Crippen LogP contribution in [0.1, 0.15) is 24.0 Å². The molecule has 0 unspecified atom stereocenters. The Labute approximate surface area is 211 Å². The van der Waals surface area contributed by atoms with E-state index in [4.69, 9.17) is 21.1 Å². The number of amides is 2. The van der Waals surface area contributed by atoms with E-state index in [1.807, 2.05) is 72.8 Å². The summed E-state index contributed by atoms with van der Waals surface area (Å²) in [5, 5.41) is 3.31. The van der Waals surface area contributed by atoms with E-state index in [1.165, 1.54) is 0 Å². The number of nitrogens with zero attached hydrogens (tertiary/aromatic N) is 1. The molecule has 0 aliphatic carbocycles. The first-order valence-corrected chi connectivity index (χ1v) is 11.9. The number of methoxy groups -OCH3 is 1. The number of likely N-dealkylation sites (N-methyl/N-ethyl adjacent to an activating group) is 1. The highest BCUT2D eigenvalue weighted by molar-refractivity contribution is 6.30. The first-order chi connectivity index (χ1) is 17.0. The van der Waals surface area contributed by atoms with Crippen molar-refractivity contribution in [2.24, 2.45) is 0 Å². The Morgan fingerprint density at radius 3 is 2.29 bits per heavy atom. The van der Waals surface area contributed by atoms with Gasteiger partial charge in [-0.15, -0.1) is 0 Å². The van der Waals surface area contributed by atoms with Gasteiger partial charge in [0.2, 0.25) is 11.8 Å². The maximum Gasteiger partial charge on any atom is 0.242 e. The molecule has 0 aliphatic rings. The van der Waals surface area contributed by atoms with Crippen LogP contribution in [0.15, 0.2) is 78.9 Å². The van der Waals surface area contributed by atoms with E-state index < -0.39 is 6.04 Å². The normalized spacial score (nSPS) is 11.4. The molecule has 7 heteroatoms. The maximum absolute atomic E-state index is 13.4. The molecule has 0 aliphatic heterocycles. The largest absolute Gasteiger partial charge is 0.497 e. The van der Waals surface area contributed by atoms with Crippen molar-refractivity contribution in [3.8, 4) is 11.5 Å². The molecule has 3 aromatic carbocycles. The number of nitrogens with one attached hydrogen (secondary N) is 1. The zero-order valence-corrected chi connectivity index (χ0v) is 20.8. The van der Waals surface area contributed by atoms with E-state index in [0.29, 0.717) is 30.2 Å². The van der Waals surface area contributed by atoms with E-state index in [0.717, 1.165) is 16.9 Å². The molecule has 184 valence electrons. The lowest BCUT2D eigenvalue weighted by molar-refractivity contribution is -0.141. The van der Waals surface area contributed by atoms with Crippen molar-refractivity contribution in [1.29, 1.82) is 0 Å². The van der Waals surface area contributed by atoms with Crippen LogP contribution in [0.2, 0.25) is 5.02 Å². The van der Waals surface area contributed by atoms with Crippen molar-refractivity contribution in [3.63, 3.8) is 0 Å². The Kier molecular flexibility index (Phi) is 9.99. The van der Waals surface area contributed by atoms with Gasteiger partial charge in [-0.1, -0.05) is 54.1 Å². The summed E-state index contributed by atoms with van der Waals surface area (Å²) in [7, 11) is 3.20. The topological polar surface area (TPSA) is 67.9 Å². The fourth-order valence-corrected chi connectivity index (χ4v) is 3.99. The number of ether oxygens (including phenoxy) is 2. The Morgan fingerprint density at radius 2 is 1.63 bits per heavy atom. The standard InChI is InChI=1S/C28H31ClN2O4/c1-30-28(33)26(19-21-8-4-3-5-9-21)31(20-22-10-6-11-23(29)18-22)27(32)12-7-17-35-25-15-13-24(34-2)14-16-25/h3-6,8-11,13-16,18,26H,7,12,17,19-20H2,1-2H3,(H,30,33)/t26-/m0/s1. The minimum absolute atomic E-state index is 0.118. The maximum atomic E-state index is 13.4. The number of carbonyl (C=O) groups is 2. The molecule has 3 rings (SSSR count). The highest BCUT2D eigenvalue weighted by Gasteiger charge is 2.29. The molecule has 3 aromatic rings. The summed E-state index contributed by atoms with van der Waals surface area (Å²) >= 11 is 6.18. The van der Waals surface area contributed by atoms with Crippen LogP contribution in [0.5, 0.6) is 11.5 Å². The average Bonchev–Trinajstić information content (AvgIpc) is 2.89. The minimum Gasteiger partial charge on any atom is -0.497 e. The Morgan fingerprint density at radius 1 is 0.943 bits per heavy atom. The quantitative estimate of drug-likeness (QED) is 0.364. The number of benzene rings is 3. The second-order valence-corrected chi connectivity index (χ2v) is 8.54. The molecule has 0 aromatic heterocycles. The molecule has 0 spiro atoms. The van der Waals surface area contributed by atoms with Gasteiger partial charge in [-0.3, -0.25) is 9.59 Å². The SMILES string of the molecule is CNC(=O)[C@H](Cc1ccccc1)N(Cc1cccc(Cl)c1)C(=O)CCCOc1ccc(OC)cc1. The fourth-order valence-electron chi connectivity index (χ4n) is 3.78. The van der Waals surface area contributed by atoms with E-state index in [9.17, 15) is 9.59 Å². The van der Waals surface area contributed by atoms with E-state index >= 15 is 0 Å². The molecule has 2 amide bonds. The molecule has 0 saturated heterocycles.